The largest absolute Gasteiger partial charge is 0.384 e. The highest BCUT2D eigenvalue weighted by atomic mass is 32.2. The number of aliphatic hydroxyl groups is 1. The van der Waals surface area contributed by atoms with Crippen LogP contribution in [-0.2, 0) is 14.8 Å². The highest BCUT2D eigenvalue weighted by Crippen LogP contribution is 2.25. The lowest BCUT2D eigenvalue weighted by molar-refractivity contribution is 0.0236. The molecule has 0 heterocycles. The van der Waals surface area contributed by atoms with Crippen LogP contribution in [0.15, 0.2) is 29.2 Å². The molecule has 1 fully saturated rings. The van der Waals surface area contributed by atoms with E-state index in [1.54, 1.807) is 25.3 Å². The van der Waals surface area contributed by atoms with Crippen LogP contribution in [0.1, 0.15) is 18.4 Å². The Balaban J connectivity index is 2.17. The Labute approximate surface area is 119 Å². The van der Waals surface area contributed by atoms with E-state index in [4.69, 9.17) is 9.84 Å². The van der Waals surface area contributed by atoms with Crippen molar-refractivity contribution < 1.29 is 18.3 Å². The summed E-state index contributed by atoms with van der Waals surface area (Å²) < 4.78 is 32.4. The molecular formula is C14H17NO4S. The number of methoxy groups -OCH3 is 1. The van der Waals surface area contributed by atoms with Crippen LogP contribution in [0.25, 0.3) is 0 Å². The number of hydrogen-bond donors (Lipinski definition) is 2. The molecule has 0 aliphatic heterocycles. The molecule has 0 radical (unpaired) electrons. The van der Waals surface area contributed by atoms with Gasteiger partial charge in [0.2, 0.25) is 10.0 Å². The summed E-state index contributed by atoms with van der Waals surface area (Å²) in [5, 5.41) is 8.72. The molecule has 108 valence electrons. The van der Waals surface area contributed by atoms with E-state index in [-0.39, 0.29) is 23.6 Å². The van der Waals surface area contributed by atoms with Gasteiger partial charge in [-0.25, -0.2) is 13.1 Å². The summed E-state index contributed by atoms with van der Waals surface area (Å²) in [6.07, 6.45) is 1.49. The first-order valence-corrected chi connectivity index (χ1v) is 7.79. The molecule has 0 aromatic heterocycles. The normalized spacial score (nSPS) is 21.7. The van der Waals surface area contributed by atoms with Gasteiger partial charge in [-0.05, 0) is 25.0 Å². The van der Waals surface area contributed by atoms with Gasteiger partial charge in [-0.15, -0.1) is 0 Å². The van der Waals surface area contributed by atoms with Crippen LogP contribution in [-0.4, -0.2) is 39.4 Å². The zero-order valence-corrected chi connectivity index (χ0v) is 12.0. The molecule has 0 spiro atoms. The minimum absolute atomic E-state index is 0.0937. The molecule has 0 bridgehead atoms. The van der Waals surface area contributed by atoms with Crippen LogP contribution < -0.4 is 4.72 Å². The summed E-state index contributed by atoms with van der Waals surface area (Å²) >= 11 is 0. The fourth-order valence-electron chi connectivity index (χ4n) is 2.08. The second kappa shape index (κ2) is 6.37. The number of rotatable bonds is 4. The van der Waals surface area contributed by atoms with E-state index in [1.165, 1.54) is 6.07 Å². The Kier molecular flexibility index (Phi) is 4.78. The topological polar surface area (TPSA) is 75.6 Å². The first-order chi connectivity index (χ1) is 9.56. The third-order valence-electron chi connectivity index (χ3n) is 3.23. The second-order valence-corrected chi connectivity index (χ2v) is 6.29. The predicted octanol–water partition coefficient (Wildman–Crippen LogP) is 0.486. The molecule has 0 amide bonds. The standard InChI is InChI=1S/C14H17NO4S/c1-19-13-9-12(10-13)15-20(17,18)14-7-3-2-5-11(14)6-4-8-16/h2-3,5,7,12-13,15-16H,8-10H2,1H3. The number of benzene rings is 1. The van der Waals surface area contributed by atoms with Crippen molar-refractivity contribution in [2.75, 3.05) is 13.7 Å². The van der Waals surface area contributed by atoms with Gasteiger partial charge in [0, 0.05) is 18.7 Å². The Morgan fingerprint density at radius 1 is 1.40 bits per heavy atom. The molecule has 5 nitrogen and oxygen atoms in total. The van der Waals surface area contributed by atoms with E-state index in [1.807, 2.05) is 0 Å². The Morgan fingerprint density at radius 2 is 2.10 bits per heavy atom. The summed E-state index contributed by atoms with van der Waals surface area (Å²) in [4.78, 5) is 0.141. The number of ether oxygens (including phenoxy) is 1. The van der Waals surface area contributed by atoms with Crippen molar-refractivity contribution >= 4 is 10.0 Å². The van der Waals surface area contributed by atoms with Gasteiger partial charge in [0.15, 0.2) is 0 Å². The molecule has 1 aliphatic carbocycles. The summed E-state index contributed by atoms with van der Waals surface area (Å²) in [6, 6.07) is 6.40. The number of nitrogens with one attached hydrogen (secondary N) is 1. The first-order valence-electron chi connectivity index (χ1n) is 6.30. The van der Waals surface area contributed by atoms with Gasteiger partial charge in [0.05, 0.1) is 11.0 Å². The molecule has 1 saturated carbocycles. The van der Waals surface area contributed by atoms with Crippen LogP contribution in [0.3, 0.4) is 0 Å². The average molecular weight is 295 g/mol. The van der Waals surface area contributed by atoms with E-state index in [0.29, 0.717) is 18.4 Å². The van der Waals surface area contributed by atoms with Gasteiger partial charge in [0.1, 0.15) is 6.61 Å². The number of aliphatic hydroxyl groups excluding tert-OH is 1. The zero-order valence-electron chi connectivity index (χ0n) is 11.2. The fourth-order valence-corrected chi connectivity index (χ4v) is 3.50. The van der Waals surface area contributed by atoms with Gasteiger partial charge >= 0.3 is 0 Å². The fraction of sp³-hybridized carbons (Fsp3) is 0.429. The summed E-state index contributed by atoms with van der Waals surface area (Å²) in [6.45, 7) is -0.306. The molecule has 1 aliphatic rings. The van der Waals surface area contributed by atoms with Gasteiger partial charge in [-0.1, -0.05) is 24.0 Å². The van der Waals surface area contributed by atoms with Crippen molar-refractivity contribution in [1.29, 1.82) is 0 Å². The molecule has 0 unspecified atom stereocenters. The highest BCUT2D eigenvalue weighted by Gasteiger charge is 2.33. The maximum Gasteiger partial charge on any atom is 0.242 e. The molecule has 2 N–H and O–H groups in total. The molecule has 6 heteroatoms. The molecule has 2 rings (SSSR count). The molecule has 0 atom stereocenters. The van der Waals surface area contributed by atoms with E-state index in [0.717, 1.165) is 0 Å². The molecular weight excluding hydrogens is 278 g/mol. The summed E-state index contributed by atoms with van der Waals surface area (Å²) in [5.74, 6) is 5.12. The Bertz CT molecular complexity index is 624. The second-order valence-electron chi connectivity index (χ2n) is 4.60. The van der Waals surface area contributed by atoms with E-state index in [2.05, 4.69) is 16.6 Å². The first kappa shape index (κ1) is 15.0. The minimum atomic E-state index is -3.60. The zero-order chi connectivity index (χ0) is 14.6. The van der Waals surface area contributed by atoms with Crippen LogP contribution in [0.2, 0.25) is 0 Å². The molecule has 20 heavy (non-hydrogen) atoms. The highest BCUT2D eigenvalue weighted by molar-refractivity contribution is 7.89. The average Bonchev–Trinajstić information content (AvgIpc) is 2.40. The van der Waals surface area contributed by atoms with Crippen molar-refractivity contribution in [2.24, 2.45) is 0 Å². The van der Waals surface area contributed by atoms with Crippen molar-refractivity contribution in [1.82, 2.24) is 4.72 Å². The smallest absolute Gasteiger partial charge is 0.242 e. The third-order valence-corrected chi connectivity index (χ3v) is 4.81. The third kappa shape index (κ3) is 3.38. The van der Waals surface area contributed by atoms with Crippen LogP contribution in [0.4, 0.5) is 0 Å². The van der Waals surface area contributed by atoms with Gasteiger partial charge in [-0.2, -0.15) is 0 Å². The van der Waals surface area contributed by atoms with Gasteiger partial charge in [0.25, 0.3) is 0 Å². The van der Waals surface area contributed by atoms with E-state index < -0.39 is 10.0 Å². The molecule has 1 aromatic rings. The monoisotopic (exact) mass is 295 g/mol. The number of sulfonamides is 1. The van der Waals surface area contributed by atoms with Crippen molar-refractivity contribution in [3.63, 3.8) is 0 Å². The van der Waals surface area contributed by atoms with Crippen molar-refractivity contribution in [3.8, 4) is 11.8 Å². The molecule has 1 aromatic carbocycles. The quantitative estimate of drug-likeness (QED) is 0.793. The van der Waals surface area contributed by atoms with Crippen LogP contribution in [0.5, 0.6) is 0 Å². The minimum Gasteiger partial charge on any atom is -0.384 e. The lowest BCUT2D eigenvalue weighted by Gasteiger charge is -2.34. The van der Waals surface area contributed by atoms with Gasteiger partial charge in [-0.3, -0.25) is 0 Å². The van der Waals surface area contributed by atoms with Crippen molar-refractivity contribution in [3.05, 3.63) is 29.8 Å². The lowest BCUT2D eigenvalue weighted by atomic mass is 9.90. The number of hydrogen-bond acceptors (Lipinski definition) is 4. The van der Waals surface area contributed by atoms with E-state index in [9.17, 15) is 8.42 Å². The van der Waals surface area contributed by atoms with Crippen LogP contribution >= 0.6 is 0 Å². The maximum absolute atomic E-state index is 12.3. The van der Waals surface area contributed by atoms with Crippen molar-refractivity contribution in [2.45, 2.75) is 29.9 Å². The summed E-state index contributed by atoms with van der Waals surface area (Å²) in [5.41, 5.74) is 0.386. The lowest BCUT2D eigenvalue weighted by Crippen LogP contribution is -2.47. The Hall–Kier alpha value is -1.39. The SMILES string of the molecule is COC1CC(NS(=O)(=O)c2ccccc2C#CCO)C1. The van der Waals surface area contributed by atoms with E-state index >= 15 is 0 Å². The predicted molar refractivity (Wildman–Crippen MR) is 74.5 cm³/mol. The Morgan fingerprint density at radius 3 is 2.75 bits per heavy atom. The van der Waals surface area contributed by atoms with Gasteiger partial charge < -0.3 is 9.84 Å². The molecule has 0 saturated heterocycles. The maximum atomic E-state index is 12.3. The summed E-state index contributed by atoms with van der Waals surface area (Å²) in [7, 11) is -1.98. The van der Waals surface area contributed by atoms with Crippen LogP contribution in [0, 0.1) is 11.8 Å².